The van der Waals surface area contributed by atoms with Crippen molar-refractivity contribution in [2.75, 3.05) is 0 Å². The molecule has 190 valence electrons. The van der Waals surface area contributed by atoms with E-state index in [-0.39, 0.29) is 23.5 Å². The van der Waals surface area contributed by atoms with Gasteiger partial charge in [0.15, 0.2) is 5.78 Å². The van der Waals surface area contributed by atoms with E-state index < -0.39 is 57.7 Å². The number of hydrogen-bond donors (Lipinski definition) is 2. The third-order valence-electron chi connectivity index (χ3n) is 10.6. The summed E-state index contributed by atoms with van der Waals surface area (Å²) in [7, 11) is 0. The first-order valence-electron chi connectivity index (χ1n) is 12.6. The number of ether oxygens (including phenoxy) is 2. The summed E-state index contributed by atoms with van der Waals surface area (Å²) in [6.45, 7) is 11.6. The topological polar surface area (TPSA) is 110 Å². The van der Waals surface area contributed by atoms with Crippen molar-refractivity contribution in [2.24, 2.45) is 45.3 Å². The van der Waals surface area contributed by atoms with Crippen LogP contribution in [0.5, 0.6) is 0 Å². The van der Waals surface area contributed by atoms with E-state index >= 15 is 0 Å². The maximum atomic E-state index is 12.8. The number of rotatable bonds is 2. The van der Waals surface area contributed by atoms with Crippen LogP contribution in [0, 0.1) is 45.3 Å². The van der Waals surface area contributed by atoms with Crippen molar-refractivity contribution < 1.29 is 34.1 Å². The van der Waals surface area contributed by atoms with Crippen LogP contribution in [-0.2, 0) is 23.9 Å². The second-order valence-electron chi connectivity index (χ2n) is 12.5. The molecule has 0 radical (unpaired) electrons. The highest BCUT2D eigenvalue weighted by Gasteiger charge is 2.71. The Morgan fingerprint density at radius 2 is 1.77 bits per heavy atom. The van der Waals surface area contributed by atoms with Crippen LogP contribution >= 0.6 is 0 Å². The van der Waals surface area contributed by atoms with Gasteiger partial charge in [-0.05, 0) is 48.5 Å². The van der Waals surface area contributed by atoms with Crippen molar-refractivity contribution in [1.29, 1.82) is 0 Å². The van der Waals surface area contributed by atoms with Crippen molar-refractivity contribution in [2.45, 2.75) is 73.0 Å². The fourth-order valence-electron chi connectivity index (χ4n) is 8.83. The number of allylic oxidation sites excluding steroid dienone is 3. The number of carbonyl (C=O) groups excluding carboxylic acids is 3. The Balaban J connectivity index is 1.66. The molecule has 0 spiro atoms. The zero-order valence-electron chi connectivity index (χ0n) is 21.3. The summed E-state index contributed by atoms with van der Waals surface area (Å²) in [5, 5.41) is 21.7. The number of ketones is 1. The lowest BCUT2D eigenvalue weighted by Crippen LogP contribution is -2.66. The summed E-state index contributed by atoms with van der Waals surface area (Å²) in [6.07, 6.45) is 7.56. The van der Waals surface area contributed by atoms with Crippen molar-refractivity contribution >= 4 is 17.7 Å². The van der Waals surface area contributed by atoms with Gasteiger partial charge in [0, 0.05) is 29.2 Å². The average molecular weight is 485 g/mol. The zero-order valence-corrected chi connectivity index (χ0v) is 21.3. The maximum absolute atomic E-state index is 12.8. The molecular formula is C28H36O7. The molecule has 0 aromatic carbocycles. The summed E-state index contributed by atoms with van der Waals surface area (Å²) < 4.78 is 11.0. The van der Waals surface area contributed by atoms with Gasteiger partial charge >= 0.3 is 11.9 Å². The molecule has 7 heteroatoms. The van der Waals surface area contributed by atoms with E-state index in [1.54, 1.807) is 6.08 Å². The quantitative estimate of drug-likeness (QED) is 0.450. The van der Waals surface area contributed by atoms with Gasteiger partial charge in [-0.2, -0.15) is 0 Å². The Kier molecular flexibility index (Phi) is 5.07. The Hall–Kier alpha value is -2.41. The minimum absolute atomic E-state index is 0.0644. The lowest BCUT2D eigenvalue weighted by atomic mass is 9.38. The lowest BCUT2D eigenvalue weighted by molar-refractivity contribution is -0.196. The molecule has 1 heterocycles. The van der Waals surface area contributed by atoms with Crippen molar-refractivity contribution in [3.63, 3.8) is 0 Å². The summed E-state index contributed by atoms with van der Waals surface area (Å²) in [5.41, 5.74) is -1.38. The van der Waals surface area contributed by atoms with Gasteiger partial charge in [-0.1, -0.05) is 52.3 Å². The molecule has 7 nitrogen and oxygen atoms in total. The average Bonchev–Trinajstić information content (AvgIpc) is 3.28. The first-order valence-corrected chi connectivity index (χ1v) is 12.6. The fourth-order valence-corrected chi connectivity index (χ4v) is 8.83. The minimum Gasteiger partial charge on any atom is -0.481 e. The standard InChI is InChI=1S/C28H36O7/c1-14(29)34-22-13-19-26(4)10-9-20(30)25(2,3)18(26)12-21(31)28(19,6)17-8-7-16(27(17,22)5)15-11-23(32)35-24(15)33/h8-11,15-16,18-19,21-22,31-32H,7,12-13H2,1-6H3/t15?,16-,18-,19+,21+,22-,26-,27-,28-/m0/s1. The molecule has 0 aromatic heterocycles. The van der Waals surface area contributed by atoms with Crippen molar-refractivity contribution in [1.82, 2.24) is 0 Å². The Labute approximate surface area is 206 Å². The van der Waals surface area contributed by atoms with Crippen LogP contribution in [0.2, 0.25) is 0 Å². The van der Waals surface area contributed by atoms with Gasteiger partial charge in [0.25, 0.3) is 5.95 Å². The Morgan fingerprint density at radius 3 is 2.37 bits per heavy atom. The van der Waals surface area contributed by atoms with E-state index in [9.17, 15) is 24.6 Å². The summed E-state index contributed by atoms with van der Waals surface area (Å²) in [6, 6.07) is 0. The van der Waals surface area contributed by atoms with Gasteiger partial charge in [-0.3, -0.25) is 14.4 Å². The molecule has 35 heavy (non-hydrogen) atoms. The number of aliphatic hydroxyl groups excluding tert-OH is 2. The maximum Gasteiger partial charge on any atom is 0.321 e. The molecule has 0 bridgehead atoms. The molecule has 0 amide bonds. The van der Waals surface area contributed by atoms with Crippen LogP contribution < -0.4 is 0 Å². The molecular weight excluding hydrogens is 448 g/mol. The molecule has 1 unspecified atom stereocenters. The molecule has 9 atom stereocenters. The van der Waals surface area contributed by atoms with Crippen LogP contribution in [0.15, 0.2) is 35.8 Å². The van der Waals surface area contributed by atoms with Crippen LogP contribution in [0.1, 0.15) is 60.8 Å². The predicted molar refractivity (Wildman–Crippen MR) is 127 cm³/mol. The highest BCUT2D eigenvalue weighted by molar-refractivity contribution is 5.95. The van der Waals surface area contributed by atoms with Crippen LogP contribution in [0.3, 0.4) is 0 Å². The largest absolute Gasteiger partial charge is 0.481 e. The number of aliphatic hydroxyl groups is 2. The number of fused-ring (bicyclic) bond motifs is 5. The second-order valence-corrected chi connectivity index (χ2v) is 12.5. The number of hydrogen-bond acceptors (Lipinski definition) is 7. The molecule has 4 aliphatic carbocycles. The van der Waals surface area contributed by atoms with Gasteiger partial charge < -0.3 is 19.7 Å². The van der Waals surface area contributed by atoms with E-state index in [0.717, 1.165) is 5.57 Å². The van der Waals surface area contributed by atoms with E-state index in [2.05, 4.69) is 19.9 Å². The molecule has 5 aliphatic rings. The minimum atomic E-state index is -0.727. The highest BCUT2D eigenvalue weighted by Crippen LogP contribution is 2.72. The Morgan fingerprint density at radius 1 is 1.09 bits per heavy atom. The van der Waals surface area contributed by atoms with Crippen molar-refractivity contribution in [3.05, 3.63) is 35.8 Å². The molecule has 2 saturated carbocycles. The van der Waals surface area contributed by atoms with Gasteiger partial charge in [0.1, 0.15) is 6.10 Å². The second kappa shape index (κ2) is 7.31. The van der Waals surface area contributed by atoms with Crippen LogP contribution in [0.4, 0.5) is 0 Å². The summed E-state index contributed by atoms with van der Waals surface area (Å²) >= 11 is 0. The van der Waals surface area contributed by atoms with Gasteiger partial charge in [-0.25, -0.2) is 0 Å². The normalized spacial score (nSPS) is 47.7. The third-order valence-corrected chi connectivity index (χ3v) is 10.6. The summed E-state index contributed by atoms with van der Waals surface area (Å²) in [5.74, 6) is -2.34. The van der Waals surface area contributed by atoms with Gasteiger partial charge in [-0.15, -0.1) is 0 Å². The molecule has 5 rings (SSSR count). The third kappa shape index (κ3) is 2.96. The van der Waals surface area contributed by atoms with Crippen molar-refractivity contribution in [3.8, 4) is 0 Å². The van der Waals surface area contributed by atoms with E-state index in [0.29, 0.717) is 19.3 Å². The molecule has 0 aromatic rings. The number of cyclic esters (lactones) is 1. The summed E-state index contributed by atoms with van der Waals surface area (Å²) in [4.78, 5) is 37.8. The molecule has 1 aliphatic heterocycles. The number of esters is 2. The van der Waals surface area contributed by atoms with E-state index in [4.69, 9.17) is 9.47 Å². The van der Waals surface area contributed by atoms with Crippen LogP contribution in [-0.4, -0.2) is 40.1 Å². The predicted octanol–water partition coefficient (Wildman–Crippen LogP) is 4.02. The molecule has 2 fully saturated rings. The highest BCUT2D eigenvalue weighted by atomic mass is 16.6. The Bertz CT molecular complexity index is 1100. The number of carbonyl (C=O) groups is 3. The van der Waals surface area contributed by atoms with E-state index in [1.165, 1.54) is 13.0 Å². The van der Waals surface area contributed by atoms with Gasteiger partial charge in [0.2, 0.25) is 0 Å². The first-order chi connectivity index (χ1) is 16.2. The molecule has 0 saturated heterocycles. The van der Waals surface area contributed by atoms with E-state index in [1.807, 2.05) is 26.8 Å². The monoisotopic (exact) mass is 484 g/mol. The van der Waals surface area contributed by atoms with Gasteiger partial charge in [0.05, 0.1) is 12.0 Å². The van der Waals surface area contributed by atoms with Crippen LogP contribution in [0.25, 0.3) is 0 Å². The molecule has 2 N–H and O–H groups in total. The smallest absolute Gasteiger partial charge is 0.321 e. The SMILES string of the molecule is CC(=O)O[C@H]1C[C@@H]2[C@@]3(C)C=CC(=O)C(C)(C)[C@@H]3C[C@@H](O)[C@@]2(C)C2=CC[C@@H](C3C=C(O)OC3=O)[C@@]21C. The first kappa shape index (κ1) is 24.3. The lowest BCUT2D eigenvalue weighted by Gasteiger charge is -2.67. The fraction of sp³-hybridized carbons (Fsp3) is 0.679. The zero-order chi connectivity index (χ0) is 25.7.